The fourth-order valence-corrected chi connectivity index (χ4v) is 3.54. The Morgan fingerprint density at radius 1 is 0.821 bits per heavy atom. The van der Waals surface area contributed by atoms with Crippen molar-refractivity contribution in [2.45, 2.75) is 11.8 Å². The molecule has 1 amide bonds. The summed E-state index contributed by atoms with van der Waals surface area (Å²) in [6.07, 6.45) is 0. The predicted molar refractivity (Wildman–Crippen MR) is 123 cm³/mol. The normalized spacial score (nSPS) is 10.2. The Labute approximate surface area is 174 Å². The Kier molecular flexibility index (Phi) is 7.06. The van der Waals surface area contributed by atoms with Gasteiger partial charge in [-0.25, -0.2) is 0 Å². The van der Waals surface area contributed by atoms with Crippen molar-refractivity contribution >= 4 is 52.1 Å². The van der Waals surface area contributed by atoms with Crippen LogP contribution in [-0.2, 0) is 4.79 Å². The average Bonchev–Trinajstić information content (AvgIpc) is 2.67. The van der Waals surface area contributed by atoms with E-state index in [9.17, 15) is 4.79 Å². The van der Waals surface area contributed by atoms with Crippen LogP contribution in [-0.4, -0.2) is 16.8 Å². The van der Waals surface area contributed by atoms with Crippen LogP contribution in [0.1, 0.15) is 5.56 Å². The number of amides is 1. The van der Waals surface area contributed by atoms with E-state index in [2.05, 4.69) is 16.0 Å². The number of rotatable bonds is 6. The van der Waals surface area contributed by atoms with Crippen LogP contribution in [0.25, 0.3) is 0 Å². The van der Waals surface area contributed by atoms with Gasteiger partial charge < -0.3 is 16.0 Å². The molecule has 0 radical (unpaired) electrons. The van der Waals surface area contributed by atoms with Crippen molar-refractivity contribution in [3.63, 3.8) is 0 Å². The number of aryl methyl sites for hydroxylation is 1. The van der Waals surface area contributed by atoms with E-state index in [1.165, 1.54) is 11.8 Å². The number of anilines is 3. The first-order valence-corrected chi connectivity index (χ1v) is 10.2. The van der Waals surface area contributed by atoms with E-state index in [0.29, 0.717) is 10.9 Å². The fraction of sp³-hybridized carbons (Fsp3) is 0.0909. The summed E-state index contributed by atoms with van der Waals surface area (Å²) in [6.45, 7) is 2.00. The van der Waals surface area contributed by atoms with Crippen molar-refractivity contribution < 1.29 is 4.79 Å². The zero-order valence-electron chi connectivity index (χ0n) is 15.4. The lowest BCUT2D eigenvalue weighted by molar-refractivity contribution is -0.113. The number of thiocarbonyl (C=S) groups is 1. The largest absolute Gasteiger partial charge is 0.332 e. The van der Waals surface area contributed by atoms with E-state index >= 15 is 0 Å². The van der Waals surface area contributed by atoms with Gasteiger partial charge in [0.25, 0.3) is 0 Å². The number of carbonyl (C=O) groups is 1. The van der Waals surface area contributed by atoms with Gasteiger partial charge >= 0.3 is 0 Å². The second kappa shape index (κ2) is 9.92. The van der Waals surface area contributed by atoms with Gasteiger partial charge in [-0.3, -0.25) is 4.79 Å². The number of benzene rings is 3. The molecule has 0 aromatic heterocycles. The molecule has 0 atom stereocenters. The molecular formula is C22H21N3OS2. The third-order valence-electron chi connectivity index (χ3n) is 3.80. The molecule has 3 rings (SSSR count). The van der Waals surface area contributed by atoms with Crippen molar-refractivity contribution in [1.82, 2.24) is 0 Å². The number of hydrogen-bond donors (Lipinski definition) is 3. The van der Waals surface area contributed by atoms with Gasteiger partial charge in [0.2, 0.25) is 5.91 Å². The molecule has 4 nitrogen and oxygen atoms in total. The van der Waals surface area contributed by atoms with E-state index < -0.39 is 0 Å². The molecule has 0 saturated heterocycles. The molecule has 28 heavy (non-hydrogen) atoms. The molecule has 6 heteroatoms. The smallest absolute Gasteiger partial charge is 0.234 e. The molecule has 142 valence electrons. The Hall–Kier alpha value is -2.83. The Balaban J connectivity index is 1.51. The van der Waals surface area contributed by atoms with Crippen molar-refractivity contribution in [3.05, 3.63) is 84.4 Å². The summed E-state index contributed by atoms with van der Waals surface area (Å²) in [4.78, 5) is 13.2. The summed E-state index contributed by atoms with van der Waals surface area (Å²) >= 11 is 6.84. The molecule has 3 aromatic carbocycles. The van der Waals surface area contributed by atoms with Crippen LogP contribution in [0.15, 0.2) is 83.8 Å². The highest BCUT2D eigenvalue weighted by atomic mass is 32.2. The Morgan fingerprint density at radius 3 is 2.21 bits per heavy atom. The maximum Gasteiger partial charge on any atom is 0.234 e. The fourth-order valence-electron chi connectivity index (χ4n) is 2.55. The first kappa shape index (κ1) is 19.9. The number of para-hydroxylation sites is 1. The molecule has 0 bridgehead atoms. The first-order valence-electron chi connectivity index (χ1n) is 8.81. The van der Waals surface area contributed by atoms with Crippen molar-refractivity contribution in [3.8, 4) is 0 Å². The molecule has 0 aliphatic rings. The number of nitrogens with one attached hydrogen (secondary N) is 3. The zero-order chi connectivity index (χ0) is 19.8. The maximum atomic E-state index is 12.2. The SMILES string of the molecule is Cc1cccc(NC(=O)CSc2cccc(NC(=S)Nc3ccccc3)c2)c1. The third kappa shape index (κ3) is 6.40. The van der Waals surface area contributed by atoms with Crippen LogP contribution >= 0.6 is 24.0 Å². The second-order valence-corrected chi connectivity index (χ2v) is 7.64. The van der Waals surface area contributed by atoms with Gasteiger partial charge in [-0.2, -0.15) is 0 Å². The monoisotopic (exact) mass is 407 g/mol. The highest BCUT2D eigenvalue weighted by Crippen LogP contribution is 2.22. The van der Waals surface area contributed by atoms with Crippen LogP contribution in [0.5, 0.6) is 0 Å². The lowest BCUT2D eigenvalue weighted by atomic mass is 10.2. The van der Waals surface area contributed by atoms with E-state index in [0.717, 1.165) is 27.5 Å². The molecule has 3 aromatic rings. The van der Waals surface area contributed by atoms with Gasteiger partial charge in [0, 0.05) is 22.0 Å². The molecule has 0 unspecified atom stereocenters. The Bertz CT molecular complexity index is 961. The van der Waals surface area contributed by atoms with Gasteiger partial charge in [-0.15, -0.1) is 11.8 Å². The third-order valence-corrected chi connectivity index (χ3v) is 4.99. The minimum atomic E-state index is -0.0322. The molecular weight excluding hydrogens is 386 g/mol. The molecule has 0 aliphatic carbocycles. The lowest BCUT2D eigenvalue weighted by Gasteiger charge is -2.11. The number of hydrogen-bond acceptors (Lipinski definition) is 3. The molecule has 0 heterocycles. The molecule has 3 N–H and O–H groups in total. The van der Waals surface area contributed by atoms with Gasteiger partial charge in [-0.1, -0.05) is 36.4 Å². The quantitative estimate of drug-likeness (QED) is 0.370. The van der Waals surface area contributed by atoms with Crippen LogP contribution in [0.3, 0.4) is 0 Å². The average molecular weight is 408 g/mol. The first-order chi connectivity index (χ1) is 13.6. The van der Waals surface area contributed by atoms with Gasteiger partial charge in [-0.05, 0) is 67.2 Å². The van der Waals surface area contributed by atoms with E-state index in [1.54, 1.807) is 0 Å². The summed E-state index contributed by atoms with van der Waals surface area (Å²) in [5.74, 6) is 0.305. The second-order valence-electron chi connectivity index (χ2n) is 6.18. The number of carbonyl (C=O) groups excluding carboxylic acids is 1. The minimum absolute atomic E-state index is 0.0322. The van der Waals surface area contributed by atoms with Gasteiger partial charge in [0.1, 0.15) is 0 Å². The van der Waals surface area contributed by atoms with Crippen molar-refractivity contribution in [2.75, 3.05) is 21.7 Å². The highest BCUT2D eigenvalue weighted by Gasteiger charge is 2.05. The highest BCUT2D eigenvalue weighted by molar-refractivity contribution is 8.00. The summed E-state index contributed by atoms with van der Waals surface area (Å²) in [7, 11) is 0. The lowest BCUT2D eigenvalue weighted by Crippen LogP contribution is -2.19. The van der Waals surface area contributed by atoms with Gasteiger partial charge in [0.05, 0.1) is 5.75 Å². The minimum Gasteiger partial charge on any atom is -0.332 e. The van der Waals surface area contributed by atoms with Crippen molar-refractivity contribution in [1.29, 1.82) is 0 Å². The van der Waals surface area contributed by atoms with Crippen LogP contribution in [0.2, 0.25) is 0 Å². The molecule has 0 fully saturated rings. The molecule has 0 spiro atoms. The summed E-state index contributed by atoms with van der Waals surface area (Å²) in [6, 6.07) is 25.4. The topological polar surface area (TPSA) is 53.2 Å². The van der Waals surface area contributed by atoms with E-state index in [-0.39, 0.29) is 5.91 Å². The van der Waals surface area contributed by atoms with E-state index in [1.807, 2.05) is 85.8 Å². The van der Waals surface area contributed by atoms with Crippen molar-refractivity contribution in [2.24, 2.45) is 0 Å². The van der Waals surface area contributed by atoms with E-state index in [4.69, 9.17) is 12.2 Å². The summed E-state index contributed by atoms with van der Waals surface area (Å²) in [5.41, 5.74) is 3.73. The Morgan fingerprint density at radius 2 is 1.46 bits per heavy atom. The zero-order valence-corrected chi connectivity index (χ0v) is 17.1. The molecule has 0 aliphatic heterocycles. The summed E-state index contributed by atoms with van der Waals surface area (Å²) < 4.78 is 0. The molecule has 0 saturated carbocycles. The number of thioether (sulfide) groups is 1. The van der Waals surface area contributed by atoms with Crippen LogP contribution < -0.4 is 16.0 Å². The predicted octanol–water partition coefficient (Wildman–Crippen LogP) is 5.53. The maximum absolute atomic E-state index is 12.2. The van der Waals surface area contributed by atoms with Crippen LogP contribution in [0.4, 0.5) is 17.1 Å². The summed E-state index contributed by atoms with van der Waals surface area (Å²) in [5, 5.41) is 9.75. The van der Waals surface area contributed by atoms with Crippen LogP contribution in [0, 0.1) is 6.92 Å². The standard InChI is InChI=1S/C22H21N3OS2/c1-16-7-5-10-18(13-16)23-21(26)15-28-20-12-6-11-19(14-20)25-22(27)24-17-8-3-2-4-9-17/h2-14H,15H2,1H3,(H,23,26)(H2,24,25,27). The van der Waals surface area contributed by atoms with Gasteiger partial charge in [0.15, 0.2) is 5.11 Å².